The number of guanidine groups is 1. The molecule has 3 rings (SSSR count). The lowest BCUT2D eigenvalue weighted by atomic mass is 10.1. The molecule has 5 nitrogen and oxygen atoms in total. The fraction of sp³-hybridized carbons (Fsp3) is 0.682. The van der Waals surface area contributed by atoms with Crippen LogP contribution in [0.15, 0.2) is 40.2 Å². The van der Waals surface area contributed by atoms with E-state index in [1.165, 1.54) is 43.9 Å². The minimum atomic E-state index is 0.301. The molecule has 1 aliphatic carbocycles. The lowest BCUT2D eigenvalue weighted by Gasteiger charge is -2.34. The number of thioether (sulfide) groups is 1. The van der Waals surface area contributed by atoms with Gasteiger partial charge in [0.05, 0.1) is 6.54 Å². The van der Waals surface area contributed by atoms with E-state index in [4.69, 9.17) is 4.99 Å². The Morgan fingerprint density at radius 2 is 1.86 bits per heavy atom. The number of hydrogen-bond donors (Lipinski definition) is 2. The summed E-state index contributed by atoms with van der Waals surface area (Å²) in [7, 11) is 2.21. The maximum absolute atomic E-state index is 4.93. The van der Waals surface area contributed by atoms with Crippen molar-refractivity contribution < 1.29 is 0 Å². The van der Waals surface area contributed by atoms with Gasteiger partial charge in [0.1, 0.15) is 0 Å². The SMILES string of the molecule is CCNC(=NCC1(Sc2ccccc2)CC1)NCC(C)CN1CCN(C)CC1. The Balaban J connectivity index is 1.45. The van der Waals surface area contributed by atoms with Crippen molar-refractivity contribution in [2.75, 3.05) is 59.4 Å². The molecule has 0 bridgehead atoms. The molecule has 28 heavy (non-hydrogen) atoms. The minimum absolute atomic E-state index is 0.301. The topological polar surface area (TPSA) is 42.9 Å². The van der Waals surface area contributed by atoms with Crippen LogP contribution in [0.4, 0.5) is 0 Å². The zero-order valence-corrected chi connectivity index (χ0v) is 18.6. The lowest BCUT2D eigenvalue weighted by molar-refractivity contribution is 0.139. The fourth-order valence-electron chi connectivity index (χ4n) is 3.54. The van der Waals surface area contributed by atoms with E-state index in [0.717, 1.165) is 32.1 Å². The third kappa shape index (κ3) is 6.98. The third-order valence-electron chi connectivity index (χ3n) is 5.54. The maximum Gasteiger partial charge on any atom is 0.191 e. The van der Waals surface area contributed by atoms with Crippen molar-refractivity contribution in [3.05, 3.63) is 30.3 Å². The predicted molar refractivity (Wildman–Crippen MR) is 121 cm³/mol. The molecule has 0 radical (unpaired) electrons. The molecule has 0 spiro atoms. The largest absolute Gasteiger partial charge is 0.357 e. The van der Waals surface area contributed by atoms with Crippen LogP contribution in [0.5, 0.6) is 0 Å². The Labute approximate surface area is 175 Å². The monoisotopic (exact) mass is 403 g/mol. The standard InChI is InChI=1S/C22H37N5S/c1-4-23-21(24-16-19(2)17-27-14-12-26(3)13-15-27)25-18-22(10-11-22)28-20-8-6-5-7-9-20/h5-9,19H,4,10-18H2,1-3H3,(H2,23,24,25). The van der Waals surface area contributed by atoms with Crippen LogP contribution in [0, 0.1) is 5.92 Å². The Morgan fingerprint density at radius 1 is 1.14 bits per heavy atom. The van der Waals surface area contributed by atoms with E-state index in [2.05, 4.69) is 71.7 Å². The summed E-state index contributed by atoms with van der Waals surface area (Å²) in [6.45, 7) is 13.1. The van der Waals surface area contributed by atoms with E-state index in [1.807, 2.05) is 11.8 Å². The molecule has 0 amide bonds. The Morgan fingerprint density at radius 3 is 2.50 bits per heavy atom. The molecule has 2 aliphatic rings. The summed E-state index contributed by atoms with van der Waals surface area (Å²) in [5.74, 6) is 1.58. The second-order valence-electron chi connectivity index (χ2n) is 8.38. The zero-order valence-electron chi connectivity index (χ0n) is 17.8. The Bertz CT molecular complexity index is 609. The van der Waals surface area contributed by atoms with E-state index >= 15 is 0 Å². The first-order chi connectivity index (χ1) is 13.6. The van der Waals surface area contributed by atoms with E-state index in [1.54, 1.807) is 0 Å². The summed E-state index contributed by atoms with van der Waals surface area (Å²) in [5, 5.41) is 7.00. The minimum Gasteiger partial charge on any atom is -0.357 e. The van der Waals surface area contributed by atoms with Crippen molar-refractivity contribution in [2.45, 2.75) is 36.3 Å². The van der Waals surface area contributed by atoms with Gasteiger partial charge < -0.3 is 20.4 Å². The smallest absolute Gasteiger partial charge is 0.191 e. The molecule has 2 fully saturated rings. The van der Waals surface area contributed by atoms with Crippen LogP contribution in [0.1, 0.15) is 26.7 Å². The number of likely N-dealkylation sites (N-methyl/N-ethyl adjacent to an activating group) is 1. The van der Waals surface area contributed by atoms with E-state index in [9.17, 15) is 0 Å². The van der Waals surface area contributed by atoms with Crippen molar-refractivity contribution in [2.24, 2.45) is 10.9 Å². The average molecular weight is 404 g/mol. The van der Waals surface area contributed by atoms with E-state index in [-0.39, 0.29) is 0 Å². The molecule has 1 aromatic rings. The van der Waals surface area contributed by atoms with Gasteiger partial charge in [0.2, 0.25) is 0 Å². The van der Waals surface area contributed by atoms with Gasteiger partial charge in [0.15, 0.2) is 5.96 Å². The quantitative estimate of drug-likeness (QED) is 0.490. The van der Waals surface area contributed by atoms with Gasteiger partial charge in [-0.1, -0.05) is 25.1 Å². The Kier molecular flexibility index (Phi) is 8.06. The van der Waals surface area contributed by atoms with Crippen LogP contribution in [-0.4, -0.2) is 79.9 Å². The Hall–Kier alpha value is -1.24. The van der Waals surface area contributed by atoms with Crippen LogP contribution < -0.4 is 10.6 Å². The molecule has 2 N–H and O–H groups in total. The highest BCUT2D eigenvalue weighted by Gasteiger charge is 2.43. The molecule has 156 valence electrons. The molecule has 1 unspecified atom stereocenters. The second-order valence-corrected chi connectivity index (χ2v) is 9.92. The number of nitrogens with zero attached hydrogens (tertiary/aromatic N) is 3. The first-order valence-electron chi connectivity index (χ1n) is 10.8. The van der Waals surface area contributed by atoms with Crippen LogP contribution in [0.25, 0.3) is 0 Å². The molecule has 6 heteroatoms. The molecule has 1 saturated heterocycles. The van der Waals surface area contributed by atoms with Crippen molar-refractivity contribution in [3.63, 3.8) is 0 Å². The van der Waals surface area contributed by atoms with Gasteiger partial charge in [-0.3, -0.25) is 4.99 Å². The number of nitrogens with one attached hydrogen (secondary N) is 2. The molecular weight excluding hydrogens is 366 g/mol. The van der Waals surface area contributed by atoms with Gasteiger partial charge in [-0.15, -0.1) is 11.8 Å². The van der Waals surface area contributed by atoms with Crippen LogP contribution in [-0.2, 0) is 0 Å². The average Bonchev–Trinajstić information content (AvgIpc) is 3.46. The molecular formula is C22H37N5S. The molecule has 0 aromatic heterocycles. The maximum atomic E-state index is 4.93. The molecule has 1 heterocycles. The number of rotatable bonds is 9. The highest BCUT2D eigenvalue weighted by atomic mass is 32.2. The van der Waals surface area contributed by atoms with Crippen LogP contribution in [0.3, 0.4) is 0 Å². The summed E-state index contributed by atoms with van der Waals surface area (Å²) in [6.07, 6.45) is 2.52. The van der Waals surface area contributed by atoms with Crippen molar-refractivity contribution in [1.29, 1.82) is 0 Å². The van der Waals surface area contributed by atoms with Gasteiger partial charge in [-0.05, 0) is 44.9 Å². The van der Waals surface area contributed by atoms with Gasteiger partial charge in [0.25, 0.3) is 0 Å². The van der Waals surface area contributed by atoms with Gasteiger partial charge in [-0.2, -0.15) is 0 Å². The van der Waals surface area contributed by atoms with Gasteiger partial charge >= 0.3 is 0 Å². The van der Waals surface area contributed by atoms with Crippen LogP contribution in [0.2, 0.25) is 0 Å². The first kappa shape index (κ1) is 21.5. The number of hydrogen-bond acceptors (Lipinski definition) is 4. The molecule has 1 atom stereocenters. The summed E-state index contributed by atoms with van der Waals surface area (Å²) in [4.78, 5) is 11.3. The van der Waals surface area contributed by atoms with E-state index in [0.29, 0.717) is 10.7 Å². The van der Waals surface area contributed by atoms with Gasteiger partial charge in [-0.25, -0.2) is 0 Å². The van der Waals surface area contributed by atoms with E-state index < -0.39 is 0 Å². The molecule has 1 aliphatic heterocycles. The lowest BCUT2D eigenvalue weighted by Crippen LogP contribution is -2.47. The number of benzene rings is 1. The number of piperazine rings is 1. The van der Waals surface area contributed by atoms with Gasteiger partial charge in [0, 0.05) is 55.5 Å². The summed E-state index contributed by atoms with van der Waals surface area (Å²) in [6, 6.07) is 10.7. The highest BCUT2D eigenvalue weighted by Crippen LogP contribution is 2.51. The van der Waals surface area contributed by atoms with Crippen LogP contribution >= 0.6 is 11.8 Å². The fourth-order valence-corrected chi connectivity index (χ4v) is 4.77. The summed E-state index contributed by atoms with van der Waals surface area (Å²) in [5.41, 5.74) is 0. The second kappa shape index (κ2) is 10.5. The summed E-state index contributed by atoms with van der Waals surface area (Å²) >= 11 is 1.99. The molecule has 1 aromatic carbocycles. The van der Waals surface area contributed by atoms with Crippen molar-refractivity contribution in [1.82, 2.24) is 20.4 Å². The molecule has 1 saturated carbocycles. The third-order valence-corrected chi connectivity index (χ3v) is 7.02. The zero-order chi connectivity index (χ0) is 19.8. The van der Waals surface area contributed by atoms with Crippen molar-refractivity contribution in [3.8, 4) is 0 Å². The number of aliphatic imine (C=N–C) groups is 1. The summed E-state index contributed by atoms with van der Waals surface area (Å²) < 4.78 is 0.301. The first-order valence-corrected chi connectivity index (χ1v) is 11.6. The normalized spacial score (nSPS) is 21.3. The van der Waals surface area contributed by atoms with Crippen molar-refractivity contribution >= 4 is 17.7 Å². The highest BCUT2D eigenvalue weighted by molar-refractivity contribution is 8.01. The predicted octanol–water partition coefficient (Wildman–Crippen LogP) is 2.75.